The molecular weight excluding hydrogens is 244 g/mol. The first-order valence-electron chi connectivity index (χ1n) is 5.97. The number of hydrogen-bond donors (Lipinski definition) is 1. The van der Waals surface area contributed by atoms with Gasteiger partial charge in [-0.25, -0.2) is 0 Å². The van der Waals surface area contributed by atoms with Crippen LogP contribution in [0, 0.1) is 6.92 Å². The van der Waals surface area contributed by atoms with Gasteiger partial charge in [-0.1, -0.05) is 12.1 Å². The Morgan fingerprint density at radius 3 is 3.00 bits per heavy atom. The third-order valence-electron chi connectivity index (χ3n) is 2.88. The van der Waals surface area contributed by atoms with Crippen molar-refractivity contribution in [3.63, 3.8) is 0 Å². The molecule has 0 aliphatic carbocycles. The van der Waals surface area contributed by atoms with Crippen molar-refractivity contribution >= 4 is 17.5 Å². The van der Waals surface area contributed by atoms with Crippen molar-refractivity contribution in [2.24, 2.45) is 0 Å². The summed E-state index contributed by atoms with van der Waals surface area (Å²) in [4.78, 5) is 25.4. The Morgan fingerprint density at radius 1 is 1.58 bits per heavy atom. The number of carbonyl (C=O) groups is 2. The molecule has 1 aromatic carbocycles. The number of anilines is 1. The molecule has 5 nitrogen and oxygen atoms in total. The molecule has 1 N–H and O–H groups in total. The second kappa shape index (κ2) is 5.14. The fourth-order valence-corrected chi connectivity index (χ4v) is 1.87. The van der Waals surface area contributed by atoms with Crippen LogP contribution in [0.1, 0.15) is 5.56 Å². The van der Waals surface area contributed by atoms with Gasteiger partial charge in [0, 0.05) is 13.6 Å². The summed E-state index contributed by atoms with van der Waals surface area (Å²) in [6, 6.07) is 5.42. The highest BCUT2D eigenvalue weighted by Gasteiger charge is 2.35. The van der Waals surface area contributed by atoms with E-state index in [1.54, 1.807) is 25.3 Å². The molecule has 0 saturated heterocycles. The molecule has 0 bridgehead atoms. The quantitative estimate of drug-likeness (QED) is 0.659. The van der Waals surface area contributed by atoms with Crippen molar-refractivity contribution in [1.29, 1.82) is 0 Å². The van der Waals surface area contributed by atoms with Gasteiger partial charge in [0.25, 0.3) is 17.9 Å². The Hall–Kier alpha value is -2.30. The average Bonchev–Trinajstić information content (AvgIpc) is 2.37. The van der Waals surface area contributed by atoms with Gasteiger partial charge >= 0.3 is 0 Å². The van der Waals surface area contributed by atoms with Crippen LogP contribution in [-0.2, 0) is 9.59 Å². The second-order valence-electron chi connectivity index (χ2n) is 4.49. The van der Waals surface area contributed by atoms with Crippen LogP contribution < -0.4 is 10.1 Å². The number of rotatable bonds is 3. The zero-order valence-electron chi connectivity index (χ0n) is 11.0. The van der Waals surface area contributed by atoms with Crippen molar-refractivity contribution in [3.05, 3.63) is 36.4 Å². The van der Waals surface area contributed by atoms with Crippen LogP contribution in [0.4, 0.5) is 5.69 Å². The normalized spacial score (nSPS) is 16.9. The van der Waals surface area contributed by atoms with E-state index in [-0.39, 0.29) is 5.91 Å². The van der Waals surface area contributed by atoms with Crippen molar-refractivity contribution < 1.29 is 14.3 Å². The Balaban J connectivity index is 2.22. The molecule has 2 rings (SSSR count). The summed E-state index contributed by atoms with van der Waals surface area (Å²) in [5.41, 5.74) is 1.61. The standard InChI is InChI=1S/C14H16N2O3/c1-4-7-16(3)14(18)12-13(17)15-10-8-9(2)5-6-11(10)19-12/h4-6,8,12H,1,7H2,2-3H3,(H,15,17). The SMILES string of the molecule is C=CCN(C)C(=O)C1Oc2ccc(C)cc2NC1=O. The molecule has 100 valence electrons. The Morgan fingerprint density at radius 2 is 2.32 bits per heavy atom. The van der Waals surface area contributed by atoms with Gasteiger partial charge in [0.05, 0.1) is 5.69 Å². The largest absolute Gasteiger partial charge is 0.468 e. The van der Waals surface area contributed by atoms with Gasteiger partial charge in [-0.2, -0.15) is 0 Å². The maximum absolute atomic E-state index is 12.1. The summed E-state index contributed by atoms with van der Waals surface area (Å²) in [6.07, 6.45) is 0.454. The first-order chi connectivity index (χ1) is 9.02. The van der Waals surface area contributed by atoms with Crippen molar-refractivity contribution in [1.82, 2.24) is 4.90 Å². The summed E-state index contributed by atoms with van der Waals surface area (Å²) in [6.45, 7) is 5.84. The number of carbonyl (C=O) groups excluding carboxylic acids is 2. The number of nitrogens with zero attached hydrogens (tertiary/aromatic N) is 1. The van der Waals surface area contributed by atoms with Gasteiger partial charge in [-0.15, -0.1) is 6.58 Å². The van der Waals surface area contributed by atoms with Crippen LogP contribution in [0.2, 0.25) is 0 Å². The van der Waals surface area contributed by atoms with E-state index in [1.807, 2.05) is 13.0 Å². The Bertz CT molecular complexity index is 539. The molecule has 0 fully saturated rings. The minimum absolute atomic E-state index is 0.368. The van der Waals surface area contributed by atoms with E-state index in [0.717, 1.165) is 5.56 Å². The van der Waals surface area contributed by atoms with E-state index in [9.17, 15) is 9.59 Å². The molecular formula is C14H16N2O3. The molecule has 1 unspecified atom stereocenters. The fraction of sp³-hybridized carbons (Fsp3) is 0.286. The molecule has 0 aromatic heterocycles. The van der Waals surface area contributed by atoms with Gasteiger partial charge in [0.2, 0.25) is 0 Å². The zero-order chi connectivity index (χ0) is 14.0. The third kappa shape index (κ3) is 2.59. The summed E-state index contributed by atoms with van der Waals surface area (Å²) in [5.74, 6) is -0.321. The summed E-state index contributed by atoms with van der Waals surface area (Å²) in [5, 5.41) is 2.69. The topological polar surface area (TPSA) is 58.6 Å². The lowest BCUT2D eigenvalue weighted by Crippen LogP contribution is -2.49. The molecule has 1 aromatic rings. The van der Waals surface area contributed by atoms with E-state index >= 15 is 0 Å². The van der Waals surface area contributed by atoms with Crippen LogP contribution in [0.5, 0.6) is 5.75 Å². The Labute approximate surface area is 111 Å². The van der Waals surface area contributed by atoms with Crippen LogP contribution in [0.3, 0.4) is 0 Å². The van der Waals surface area contributed by atoms with Gasteiger partial charge < -0.3 is 15.0 Å². The second-order valence-corrected chi connectivity index (χ2v) is 4.49. The van der Waals surface area contributed by atoms with E-state index in [1.165, 1.54) is 4.90 Å². The van der Waals surface area contributed by atoms with Gasteiger partial charge in [0.1, 0.15) is 5.75 Å². The Kier molecular flexibility index (Phi) is 3.55. The molecule has 1 heterocycles. The maximum atomic E-state index is 12.1. The van der Waals surface area contributed by atoms with Gasteiger partial charge in [-0.05, 0) is 24.6 Å². The van der Waals surface area contributed by atoms with Crippen LogP contribution in [0.25, 0.3) is 0 Å². The van der Waals surface area contributed by atoms with Crippen LogP contribution >= 0.6 is 0 Å². The summed E-state index contributed by atoms with van der Waals surface area (Å²) < 4.78 is 5.49. The minimum Gasteiger partial charge on any atom is -0.468 e. The molecule has 2 amide bonds. The fourth-order valence-electron chi connectivity index (χ4n) is 1.87. The zero-order valence-corrected chi connectivity index (χ0v) is 11.0. The number of nitrogens with one attached hydrogen (secondary N) is 1. The van der Waals surface area contributed by atoms with Gasteiger partial charge in [-0.3, -0.25) is 9.59 Å². The third-order valence-corrected chi connectivity index (χ3v) is 2.88. The van der Waals surface area contributed by atoms with Gasteiger partial charge in [0.15, 0.2) is 0 Å². The highest BCUT2D eigenvalue weighted by atomic mass is 16.5. The lowest BCUT2D eigenvalue weighted by Gasteiger charge is -2.28. The lowest BCUT2D eigenvalue weighted by molar-refractivity contribution is -0.143. The van der Waals surface area contributed by atoms with E-state index in [2.05, 4.69) is 11.9 Å². The monoisotopic (exact) mass is 260 g/mol. The van der Waals surface area contributed by atoms with E-state index in [0.29, 0.717) is 18.0 Å². The minimum atomic E-state index is -1.14. The number of benzene rings is 1. The number of hydrogen-bond acceptors (Lipinski definition) is 3. The highest BCUT2D eigenvalue weighted by Crippen LogP contribution is 2.30. The predicted molar refractivity (Wildman–Crippen MR) is 72.1 cm³/mol. The highest BCUT2D eigenvalue weighted by molar-refractivity contribution is 6.11. The van der Waals surface area contributed by atoms with Crippen molar-refractivity contribution in [3.8, 4) is 5.75 Å². The molecule has 0 radical (unpaired) electrons. The smallest absolute Gasteiger partial charge is 0.275 e. The maximum Gasteiger partial charge on any atom is 0.275 e. The predicted octanol–water partition coefficient (Wildman–Crippen LogP) is 1.34. The first kappa shape index (κ1) is 13.1. The van der Waals surface area contributed by atoms with Crippen molar-refractivity contribution in [2.45, 2.75) is 13.0 Å². The molecule has 1 atom stereocenters. The average molecular weight is 260 g/mol. The number of ether oxygens (including phenoxy) is 1. The van der Waals surface area contributed by atoms with E-state index < -0.39 is 12.0 Å². The van der Waals surface area contributed by atoms with Crippen molar-refractivity contribution in [2.75, 3.05) is 18.9 Å². The number of fused-ring (bicyclic) bond motifs is 1. The summed E-state index contributed by atoms with van der Waals surface area (Å²) >= 11 is 0. The number of likely N-dealkylation sites (N-methyl/N-ethyl adjacent to an activating group) is 1. The molecule has 0 saturated carbocycles. The van der Waals surface area contributed by atoms with Crippen LogP contribution in [-0.4, -0.2) is 36.4 Å². The van der Waals surface area contributed by atoms with Crippen LogP contribution in [0.15, 0.2) is 30.9 Å². The molecule has 1 aliphatic heterocycles. The number of amides is 2. The summed E-state index contributed by atoms with van der Waals surface area (Å²) in [7, 11) is 1.60. The number of aryl methyl sites for hydroxylation is 1. The van der Waals surface area contributed by atoms with E-state index in [4.69, 9.17) is 4.74 Å². The lowest BCUT2D eigenvalue weighted by atomic mass is 10.1. The molecule has 0 spiro atoms. The molecule has 5 heteroatoms. The molecule has 1 aliphatic rings. The molecule has 19 heavy (non-hydrogen) atoms. The first-order valence-corrected chi connectivity index (χ1v) is 5.97.